The van der Waals surface area contributed by atoms with E-state index in [1.54, 1.807) is 16.8 Å². The van der Waals surface area contributed by atoms with Gasteiger partial charge in [-0.05, 0) is 52.4 Å². The van der Waals surface area contributed by atoms with Gasteiger partial charge in [0.05, 0.1) is 16.4 Å². The highest BCUT2D eigenvalue weighted by molar-refractivity contribution is 9.10. The molecule has 8 heteroatoms. The lowest BCUT2D eigenvalue weighted by Crippen LogP contribution is -2.30. The molecule has 0 unspecified atom stereocenters. The monoisotopic (exact) mass is 563 g/mol. The van der Waals surface area contributed by atoms with E-state index in [0.717, 1.165) is 52.7 Å². The van der Waals surface area contributed by atoms with Gasteiger partial charge in [-0.25, -0.2) is 4.98 Å². The first-order chi connectivity index (χ1) is 18.0. The summed E-state index contributed by atoms with van der Waals surface area (Å²) < 4.78 is 2.53. The third-order valence-corrected chi connectivity index (χ3v) is 7.04. The maximum atomic E-state index is 12.5. The number of benzene rings is 1. The number of aromatic nitrogens is 3. The number of amides is 1. The predicted octanol–water partition coefficient (Wildman–Crippen LogP) is 6.72. The molecule has 0 saturated carbocycles. The third-order valence-electron chi connectivity index (χ3n) is 6.48. The quantitative estimate of drug-likeness (QED) is 0.241. The van der Waals surface area contributed by atoms with Crippen molar-refractivity contribution < 1.29 is 9.90 Å². The minimum atomic E-state index is 0.102. The number of nitrogens with zero attached hydrogens (tertiary/aromatic N) is 3. The summed E-state index contributed by atoms with van der Waals surface area (Å²) in [7, 11) is 0. The van der Waals surface area contributed by atoms with Crippen LogP contribution in [-0.2, 0) is 17.9 Å². The Morgan fingerprint density at radius 3 is 2.51 bits per heavy atom. The van der Waals surface area contributed by atoms with Crippen molar-refractivity contribution >= 4 is 38.9 Å². The number of halogens is 1. The van der Waals surface area contributed by atoms with Crippen molar-refractivity contribution in [1.82, 2.24) is 19.9 Å². The topological polar surface area (TPSA) is 91.5 Å². The van der Waals surface area contributed by atoms with E-state index in [-0.39, 0.29) is 17.6 Å². The molecule has 3 aromatic rings. The summed E-state index contributed by atoms with van der Waals surface area (Å²) in [6, 6.07) is 10.2. The van der Waals surface area contributed by atoms with Crippen molar-refractivity contribution in [2.75, 3.05) is 5.32 Å². The van der Waals surface area contributed by atoms with Crippen LogP contribution in [0.15, 0.2) is 71.1 Å². The normalized spacial score (nSPS) is 13.4. The summed E-state index contributed by atoms with van der Waals surface area (Å²) in [5.41, 5.74) is 4.30. The number of aliphatic hydroxyl groups excluding tert-OH is 1. The second-order valence-corrected chi connectivity index (χ2v) is 10.1. The van der Waals surface area contributed by atoms with Gasteiger partial charge < -0.3 is 15.7 Å². The van der Waals surface area contributed by atoms with E-state index in [4.69, 9.17) is 4.98 Å². The highest BCUT2D eigenvalue weighted by Crippen LogP contribution is 2.28. The molecule has 4 rings (SSSR count). The lowest BCUT2D eigenvalue weighted by atomic mass is 9.97. The number of carbonyl (C=O) groups excluding carboxylic acids is 1. The average Bonchev–Trinajstić information content (AvgIpc) is 3.14. The Morgan fingerprint density at radius 2 is 1.81 bits per heavy atom. The highest BCUT2D eigenvalue weighted by atomic mass is 79.9. The van der Waals surface area contributed by atoms with Crippen molar-refractivity contribution in [2.45, 2.75) is 59.0 Å². The number of carbonyl (C=O) groups is 1. The molecule has 1 aliphatic carbocycles. The Labute approximate surface area is 226 Å². The molecular formula is C29H34BrN5O2. The molecule has 0 fully saturated rings. The molecule has 194 valence electrons. The highest BCUT2D eigenvalue weighted by Gasteiger charge is 2.17. The average molecular weight is 565 g/mol. The molecular weight excluding hydrogens is 530 g/mol. The molecule has 0 radical (unpaired) electrons. The van der Waals surface area contributed by atoms with Gasteiger partial charge in [0.15, 0.2) is 5.65 Å². The SMILES string of the molecule is CCCC(CCC)C(=O)NCc1ccc(CNc2cc(C3=C(O)C=CC=CC3)nc3c(Br)cnn23)cc1. The maximum Gasteiger partial charge on any atom is 0.223 e. The van der Waals surface area contributed by atoms with Gasteiger partial charge in [0.1, 0.15) is 11.6 Å². The first kappa shape index (κ1) is 26.7. The van der Waals surface area contributed by atoms with E-state index in [0.29, 0.717) is 30.9 Å². The Hall–Kier alpha value is -3.39. The van der Waals surface area contributed by atoms with Gasteiger partial charge in [0.25, 0.3) is 0 Å². The van der Waals surface area contributed by atoms with Crippen molar-refractivity contribution in [3.8, 4) is 0 Å². The van der Waals surface area contributed by atoms with E-state index >= 15 is 0 Å². The predicted molar refractivity (Wildman–Crippen MR) is 152 cm³/mol. The number of aliphatic hydroxyl groups is 1. The van der Waals surface area contributed by atoms with E-state index < -0.39 is 0 Å². The fourth-order valence-corrected chi connectivity index (χ4v) is 4.82. The molecule has 0 atom stereocenters. The van der Waals surface area contributed by atoms with Crippen molar-refractivity contribution in [1.29, 1.82) is 0 Å². The van der Waals surface area contributed by atoms with Gasteiger partial charge in [-0.3, -0.25) is 4.79 Å². The van der Waals surface area contributed by atoms with Crippen LogP contribution in [0.2, 0.25) is 0 Å². The number of anilines is 1. The summed E-state index contributed by atoms with van der Waals surface area (Å²) in [4.78, 5) is 17.3. The zero-order valence-corrected chi connectivity index (χ0v) is 23.0. The molecule has 2 aromatic heterocycles. The maximum absolute atomic E-state index is 12.5. The van der Waals surface area contributed by atoms with Gasteiger partial charge >= 0.3 is 0 Å². The molecule has 2 heterocycles. The third kappa shape index (κ3) is 6.68. The summed E-state index contributed by atoms with van der Waals surface area (Å²) >= 11 is 3.53. The Kier molecular flexibility index (Phi) is 9.17. The molecule has 7 nitrogen and oxygen atoms in total. The van der Waals surface area contributed by atoms with Crippen LogP contribution in [0.25, 0.3) is 11.2 Å². The molecule has 3 N–H and O–H groups in total. The van der Waals surface area contributed by atoms with Crippen LogP contribution in [0, 0.1) is 5.92 Å². The van der Waals surface area contributed by atoms with E-state index in [1.807, 2.05) is 24.3 Å². The number of rotatable bonds is 11. The first-order valence-corrected chi connectivity index (χ1v) is 13.7. The second kappa shape index (κ2) is 12.7. The number of hydrogen-bond donors (Lipinski definition) is 3. The summed E-state index contributed by atoms with van der Waals surface area (Å²) in [5, 5.41) is 21.5. The summed E-state index contributed by atoms with van der Waals surface area (Å²) in [5.74, 6) is 1.24. The lowest BCUT2D eigenvalue weighted by Gasteiger charge is -2.15. The molecule has 37 heavy (non-hydrogen) atoms. The standard InChI is InChI=1S/C29H34BrN5O2/c1-3-8-22(9-4-2)29(37)32-18-21-14-12-20(13-15-21)17-31-27-16-25(23-10-6-5-7-11-26(23)36)34-28-24(30)19-33-35(27)28/h5-7,11-16,19,22,31,36H,3-4,8-10,17-18H2,1-2H3,(H,32,37). The van der Waals surface area contributed by atoms with Crippen LogP contribution in [0.1, 0.15) is 62.8 Å². The second-order valence-electron chi connectivity index (χ2n) is 9.27. The fourth-order valence-electron chi connectivity index (χ4n) is 4.47. The van der Waals surface area contributed by atoms with Crippen LogP contribution in [0.5, 0.6) is 0 Å². The minimum Gasteiger partial charge on any atom is -0.508 e. The number of hydrogen-bond acceptors (Lipinski definition) is 5. The van der Waals surface area contributed by atoms with Gasteiger partial charge in [0.2, 0.25) is 5.91 Å². The largest absolute Gasteiger partial charge is 0.508 e. The van der Waals surface area contributed by atoms with Crippen molar-refractivity contribution in [2.24, 2.45) is 5.92 Å². The summed E-state index contributed by atoms with van der Waals surface area (Å²) in [6.07, 6.45) is 13.6. The molecule has 1 aromatic carbocycles. The number of nitrogens with one attached hydrogen (secondary N) is 2. The minimum absolute atomic E-state index is 0.102. The van der Waals surface area contributed by atoms with Gasteiger partial charge in [-0.2, -0.15) is 9.61 Å². The van der Waals surface area contributed by atoms with Crippen LogP contribution in [-0.4, -0.2) is 25.6 Å². The van der Waals surface area contributed by atoms with Gasteiger partial charge in [-0.15, -0.1) is 0 Å². The molecule has 0 aliphatic heterocycles. The Balaban J connectivity index is 1.45. The smallest absolute Gasteiger partial charge is 0.223 e. The first-order valence-electron chi connectivity index (χ1n) is 12.9. The van der Waals surface area contributed by atoms with Crippen molar-refractivity contribution in [3.05, 3.63) is 87.9 Å². The molecule has 1 amide bonds. The van der Waals surface area contributed by atoms with E-state index in [9.17, 15) is 9.90 Å². The summed E-state index contributed by atoms with van der Waals surface area (Å²) in [6.45, 7) is 5.37. The van der Waals surface area contributed by atoms with Crippen LogP contribution >= 0.6 is 15.9 Å². The fraction of sp³-hybridized carbons (Fsp3) is 0.345. The van der Waals surface area contributed by atoms with Gasteiger partial charge in [0, 0.05) is 30.6 Å². The Morgan fingerprint density at radius 1 is 1.11 bits per heavy atom. The zero-order chi connectivity index (χ0) is 26.2. The molecule has 0 bridgehead atoms. The number of fused-ring (bicyclic) bond motifs is 1. The van der Waals surface area contributed by atoms with Crippen LogP contribution < -0.4 is 10.6 Å². The van der Waals surface area contributed by atoms with Crippen LogP contribution in [0.3, 0.4) is 0 Å². The molecule has 1 aliphatic rings. The lowest BCUT2D eigenvalue weighted by molar-refractivity contribution is -0.125. The van der Waals surface area contributed by atoms with Gasteiger partial charge in [-0.1, -0.05) is 69.2 Å². The van der Waals surface area contributed by atoms with E-state index in [2.05, 4.69) is 69.8 Å². The van der Waals surface area contributed by atoms with Crippen molar-refractivity contribution in [3.63, 3.8) is 0 Å². The zero-order valence-electron chi connectivity index (χ0n) is 21.4. The molecule has 0 spiro atoms. The Bertz CT molecular complexity index is 1320. The van der Waals surface area contributed by atoms with E-state index in [1.165, 1.54) is 0 Å². The van der Waals surface area contributed by atoms with Crippen LogP contribution in [0.4, 0.5) is 5.82 Å². The number of allylic oxidation sites excluding steroid dienone is 5. The molecule has 0 saturated heterocycles.